The molecule has 1 N–H and O–H groups in total. The lowest BCUT2D eigenvalue weighted by Gasteiger charge is -2.07. The number of aromatic nitrogens is 1. The number of non-ortho nitro benzene ring substituents is 1. The number of nitro benzene ring substituents is 1. The zero-order valence-electron chi connectivity index (χ0n) is 12.5. The van der Waals surface area contributed by atoms with Crippen LogP contribution in [-0.4, -0.2) is 21.6 Å². The van der Waals surface area contributed by atoms with Crippen molar-refractivity contribution >= 4 is 39.9 Å². The van der Waals surface area contributed by atoms with Gasteiger partial charge in [0.1, 0.15) is 0 Å². The molecule has 2 aromatic carbocycles. The summed E-state index contributed by atoms with van der Waals surface area (Å²) in [6.45, 7) is 0. The van der Waals surface area contributed by atoms with E-state index in [-0.39, 0.29) is 17.3 Å². The quantitative estimate of drug-likeness (QED) is 0.433. The first-order valence-corrected chi connectivity index (χ1v) is 8.13. The number of pyridine rings is 1. The maximum Gasteiger partial charge on any atom is 0.269 e. The molecule has 3 aromatic rings. The van der Waals surface area contributed by atoms with Crippen LogP contribution in [0.4, 0.5) is 11.4 Å². The Labute approximate surface area is 142 Å². The number of rotatable bonds is 5. The van der Waals surface area contributed by atoms with Crippen molar-refractivity contribution in [3.05, 3.63) is 70.9 Å². The van der Waals surface area contributed by atoms with E-state index in [9.17, 15) is 14.9 Å². The molecule has 0 saturated carbocycles. The molecule has 0 saturated heterocycles. The lowest BCUT2D eigenvalue weighted by molar-refractivity contribution is -0.384. The zero-order chi connectivity index (χ0) is 16.9. The highest BCUT2D eigenvalue weighted by Gasteiger charge is 2.09. The standard InChI is InChI=1S/C17H13N3O3S/c21-16(11-24-14-8-6-13(7-9-14)20(22)23)19-15-5-1-3-12-4-2-10-18-17(12)15/h1-10H,11H2,(H,19,21). The third-order valence-electron chi connectivity index (χ3n) is 3.32. The molecule has 1 amide bonds. The molecule has 0 aliphatic carbocycles. The molecule has 0 fully saturated rings. The van der Waals surface area contributed by atoms with Gasteiger partial charge in [0.2, 0.25) is 5.91 Å². The first-order valence-electron chi connectivity index (χ1n) is 7.14. The molecule has 120 valence electrons. The largest absolute Gasteiger partial charge is 0.323 e. The van der Waals surface area contributed by atoms with E-state index in [1.54, 1.807) is 18.3 Å². The minimum atomic E-state index is -0.450. The SMILES string of the molecule is O=C(CSc1ccc([N+](=O)[O-])cc1)Nc1cccc2cccnc12. The van der Waals surface area contributed by atoms with Gasteiger partial charge in [-0.1, -0.05) is 18.2 Å². The Balaban J connectivity index is 1.64. The summed E-state index contributed by atoms with van der Waals surface area (Å²) >= 11 is 1.32. The van der Waals surface area contributed by atoms with Gasteiger partial charge >= 0.3 is 0 Å². The van der Waals surface area contributed by atoms with E-state index in [0.717, 1.165) is 15.8 Å². The van der Waals surface area contributed by atoms with Crippen LogP contribution in [0.1, 0.15) is 0 Å². The van der Waals surface area contributed by atoms with Crippen molar-refractivity contribution in [2.75, 3.05) is 11.1 Å². The molecule has 6 nitrogen and oxygen atoms in total. The van der Waals surface area contributed by atoms with Crippen LogP contribution in [0, 0.1) is 10.1 Å². The summed E-state index contributed by atoms with van der Waals surface area (Å²) in [5, 5.41) is 14.4. The Morgan fingerprint density at radius 3 is 2.62 bits per heavy atom. The van der Waals surface area contributed by atoms with Gasteiger partial charge in [0.25, 0.3) is 5.69 Å². The van der Waals surface area contributed by atoms with E-state index in [0.29, 0.717) is 5.69 Å². The van der Waals surface area contributed by atoms with Crippen LogP contribution in [-0.2, 0) is 4.79 Å². The number of para-hydroxylation sites is 1. The number of hydrogen-bond donors (Lipinski definition) is 1. The molecule has 24 heavy (non-hydrogen) atoms. The van der Waals surface area contributed by atoms with Gasteiger partial charge in [-0.15, -0.1) is 11.8 Å². The molecule has 7 heteroatoms. The monoisotopic (exact) mass is 339 g/mol. The van der Waals surface area contributed by atoms with E-state index in [1.165, 1.54) is 23.9 Å². The van der Waals surface area contributed by atoms with Gasteiger partial charge in [0.05, 0.1) is 21.9 Å². The molecule has 0 aliphatic rings. The average Bonchev–Trinajstić information content (AvgIpc) is 2.61. The number of hydrogen-bond acceptors (Lipinski definition) is 5. The topological polar surface area (TPSA) is 85.1 Å². The Morgan fingerprint density at radius 1 is 1.12 bits per heavy atom. The highest BCUT2D eigenvalue weighted by atomic mass is 32.2. The van der Waals surface area contributed by atoms with Crippen molar-refractivity contribution < 1.29 is 9.72 Å². The molecule has 1 heterocycles. The molecular weight excluding hydrogens is 326 g/mol. The minimum absolute atomic E-state index is 0.0330. The minimum Gasteiger partial charge on any atom is -0.323 e. The van der Waals surface area contributed by atoms with E-state index < -0.39 is 4.92 Å². The van der Waals surface area contributed by atoms with Crippen LogP contribution >= 0.6 is 11.8 Å². The summed E-state index contributed by atoms with van der Waals surface area (Å²) < 4.78 is 0. The van der Waals surface area contributed by atoms with E-state index >= 15 is 0 Å². The molecular formula is C17H13N3O3S. The van der Waals surface area contributed by atoms with Gasteiger partial charge in [-0.25, -0.2) is 0 Å². The second kappa shape index (κ2) is 7.10. The molecule has 1 aromatic heterocycles. The predicted molar refractivity (Wildman–Crippen MR) is 94.2 cm³/mol. The average molecular weight is 339 g/mol. The first kappa shape index (κ1) is 15.9. The molecule has 0 atom stereocenters. The maximum atomic E-state index is 12.1. The van der Waals surface area contributed by atoms with Crippen LogP contribution in [0.25, 0.3) is 10.9 Å². The van der Waals surface area contributed by atoms with Crippen molar-refractivity contribution in [3.8, 4) is 0 Å². The van der Waals surface area contributed by atoms with Crippen molar-refractivity contribution in [3.63, 3.8) is 0 Å². The fraction of sp³-hybridized carbons (Fsp3) is 0.0588. The fourth-order valence-corrected chi connectivity index (χ4v) is 2.90. The third-order valence-corrected chi connectivity index (χ3v) is 4.34. The Kier molecular flexibility index (Phi) is 4.72. The summed E-state index contributed by atoms with van der Waals surface area (Å²) in [6.07, 6.45) is 1.68. The molecule has 0 aliphatic heterocycles. The van der Waals surface area contributed by atoms with Crippen LogP contribution in [0.2, 0.25) is 0 Å². The highest BCUT2D eigenvalue weighted by Crippen LogP contribution is 2.23. The Morgan fingerprint density at radius 2 is 1.88 bits per heavy atom. The van der Waals surface area contributed by atoms with E-state index in [2.05, 4.69) is 10.3 Å². The van der Waals surface area contributed by atoms with Gasteiger partial charge in [0.15, 0.2) is 0 Å². The lowest BCUT2D eigenvalue weighted by Crippen LogP contribution is -2.14. The molecule has 0 unspecified atom stereocenters. The number of benzene rings is 2. The van der Waals surface area contributed by atoms with Gasteiger partial charge in [-0.2, -0.15) is 0 Å². The number of nitrogens with one attached hydrogen (secondary N) is 1. The predicted octanol–water partition coefficient (Wildman–Crippen LogP) is 3.87. The van der Waals surface area contributed by atoms with Crippen molar-refractivity contribution in [2.24, 2.45) is 0 Å². The molecule has 0 radical (unpaired) electrons. The normalized spacial score (nSPS) is 10.5. The van der Waals surface area contributed by atoms with Crippen LogP contribution in [0.15, 0.2) is 65.7 Å². The molecule has 3 rings (SSSR count). The zero-order valence-corrected chi connectivity index (χ0v) is 13.3. The lowest BCUT2D eigenvalue weighted by atomic mass is 10.2. The Bertz CT molecular complexity index is 892. The number of fused-ring (bicyclic) bond motifs is 1. The number of anilines is 1. The van der Waals surface area contributed by atoms with Crippen LogP contribution in [0.5, 0.6) is 0 Å². The third kappa shape index (κ3) is 3.69. The molecule has 0 spiro atoms. The first-order chi connectivity index (χ1) is 11.6. The Hall–Kier alpha value is -2.93. The smallest absolute Gasteiger partial charge is 0.269 e. The fourth-order valence-electron chi connectivity index (χ4n) is 2.20. The number of amides is 1. The number of nitrogens with zero attached hydrogens (tertiary/aromatic N) is 2. The van der Waals surface area contributed by atoms with Crippen molar-refractivity contribution in [2.45, 2.75) is 4.90 Å². The van der Waals surface area contributed by atoms with Gasteiger partial charge in [0, 0.05) is 28.6 Å². The number of carbonyl (C=O) groups is 1. The van der Waals surface area contributed by atoms with Gasteiger partial charge in [-0.3, -0.25) is 19.9 Å². The van der Waals surface area contributed by atoms with Crippen LogP contribution in [0.3, 0.4) is 0 Å². The maximum absolute atomic E-state index is 12.1. The summed E-state index contributed by atoms with van der Waals surface area (Å²) in [4.78, 5) is 27.4. The van der Waals surface area contributed by atoms with Crippen molar-refractivity contribution in [1.29, 1.82) is 0 Å². The summed E-state index contributed by atoms with van der Waals surface area (Å²) in [5.41, 5.74) is 1.45. The van der Waals surface area contributed by atoms with Crippen LogP contribution < -0.4 is 5.32 Å². The summed E-state index contributed by atoms with van der Waals surface area (Å²) in [7, 11) is 0. The summed E-state index contributed by atoms with van der Waals surface area (Å²) in [6, 6.07) is 15.5. The van der Waals surface area contributed by atoms with Gasteiger partial charge < -0.3 is 5.32 Å². The van der Waals surface area contributed by atoms with Crippen molar-refractivity contribution in [1.82, 2.24) is 4.98 Å². The van der Waals surface area contributed by atoms with E-state index in [4.69, 9.17) is 0 Å². The van der Waals surface area contributed by atoms with E-state index in [1.807, 2.05) is 30.3 Å². The highest BCUT2D eigenvalue weighted by molar-refractivity contribution is 8.00. The summed E-state index contributed by atoms with van der Waals surface area (Å²) in [5.74, 6) is 0.0533. The second-order valence-corrected chi connectivity index (χ2v) is 6.02. The number of thioether (sulfide) groups is 1. The van der Waals surface area contributed by atoms with Gasteiger partial charge in [-0.05, 0) is 24.3 Å². The number of nitro groups is 1. The number of carbonyl (C=O) groups excluding carboxylic acids is 1. The second-order valence-electron chi connectivity index (χ2n) is 4.97. The molecule has 0 bridgehead atoms.